The maximum Gasteiger partial charge on any atom is 0.173 e. The van der Waals surface area contributed by atoms with Crippen LogP contribution in [-0.4, -0.2) is 17.0 Å². The molecule has 1 aliphatic rings. The van der Waals surface area contributed by atoms with Crippen LogP contribution in [0.15, 0.2) is 16.6 Å². The Morgan fingerprint density at radius 3 is 2.75 bits per heavy atom. The van der Waals surface area contributed by atoms with E-state index < -0.39 is 11.6 Å². The molecule has 0 spiro atoms. The number of aryl methyl sites for hydroxylation is 1. The Bertz CT molecular complexity index is 689. The van der Waals surface area contributed by atoms with Gasteiger partial charge in [-0.15, -0.1) is 0 Å². The molecular formula is C14H12BrF2N3. The molecule has 104 valence electrons. The second-order valence-electron chi connectivity index (χ2n) is 4.65. The fourth-order valence-corrected chi connectivity index (χ4v) is 2.96. The van der Waals surface area contributed by atoms with Gasteiger partial charge in [0.15, 0.2) is 17.5 Å². The van der Waals surface area contributed by atoms with Crippen molar-refractivity contribution in [3.8, 4) is 11.4 Å². The van der Waals surface area contributed by atoms with Crippen LogP contribution in [-0.2, 0) is 12.8 Å². The van der Waals surface area contributed by atoms with E-state index in [1.54, 1.807) is 7.05 Å². The number of hydrogen-bond acceptors (Lipinski definition) is 3. The molecule has 0 unspecified atom stereocenters. The molecular weight excluding hydrogens is 328 g/mol. The van der Waals surface area contributed by atoms with E-state index in [-0.39, 0.29) is 4.47 Å². The summed E-state index contributed by atoms with van der Waals surface area (Å²) in [4.78, 5) is 8.92. The number of hydrogen-bond donors (Lipinski definition) is 1. The summed E-state index contributed by atoms with van der Waals surface area (Å²) in [6.07, 6.45) is 2.88. The van der Waals surface area contributed by atoms with E-state index in [2.05, 4.69) is 31.2 Å². The first-order valence-corrected chi connectivity index (χ1v) is 7.12. The van der Waals surface area contributed by atoms with E-state index in [1.807, 2.05) is 0 Å². The molecule has 3 nitrogen and oxygen atoms in total. The molecule has 6 heteroatoms. The molecule has 20 heavy (non-hydrogen) atoms. The summed E-state index contributed by atoms with van der Waals surface area (Å²) in [5, 5.41) is 3.05. The average Bonchev–Trinajstić information content (AvgIpc) is 2.92. The van der Waals surface area contributed by atoms with Gasteiger partial charge in [-0.3, -0.25) is 0 Å². The molecule has 0 bridgehead atoms. The summed E-state index contributed by atoms with van der Waals surface area (Å²) >= 11 is 3.08. The predicted octanol–water partition coefficient (Wildman–Crippen LogP) is 3.71. The summed E-state index contributed by atoms with van der Waals surface area (Å²) in [6.45, 7) is 0. The lowest BCUT2D eigenvalue weighted by molar-refractivity contribution is 0.504. The second-order valence-corrected chi connectivity index (χ2v) is 5.44. The molecule has 0 fully saturated rings. The zero-order valence-electron chi connectivity index (χ0n) is 10.8. The van der Waals surface area contributed by atoms with E-state index in [9.17, 15) is 8.78 Å². The molecule has 1 N–H and O–H groups in total. The second kappa shape index (κ2) is 5.09. The first kappa shape index (κ1) is 13.4. The Kier molecular flexibility index (Phi) is 3.41. The zero-order chi connectivity index (χ0) is 14.3. The van der Waals surface area contributed by atoms with E-state index >= 15 is 0 Å². The predicted molar refractivity (Wildman–Crippen MR) is 76.7 cm³/mol. The fourth-order valence-electron chi connectivity index (χ4n) is 2.46. The number of halogens is 3. The van der Waals surface area contributed by atoms with Crippen LogP contribution < -0.4 is 5.32 Å². The molecule has 0 saturated heterocycles. The average molecular weight is 340 g/mol. The largest absolute Gasteiger partial charge is 0.373 e. The molecule has 0 atom stereocenters. The number of rotatable bonds is 2. The van der Waals surface area contributed by atoms with Gasteiger partial charge in [0.05, 0.1) is 4.47 Å². The standard InChI is InChI=1S/C14H12BrF2N3/c1-18-13-7-3-2-4-10(7)19-14(20-13)8-5-6-9(16)12(17)11(8)15/h5-6H,2-4H2,1H3,(H,18,19,20). The fraction of sp³-hybridized carbons (Fsp3) is 0.286. The van der Waals surface area contributed by atoms with Crippen LogP contribution in [0.25, 0.3) is 11.4 Å². The molecule has 0 aliphatic heterocycles. The van der Waals surface area contributed by atoms with Crippen LogP contribution >= 0.6 is 15.9 Å². The van der Waals surface area contributed by atoms with Gasteiger partial charge >= 0.3 is 0 Å². The first-order chi connectivity index (χ1) is 9.61. The van der Waals surface area contributed by atoms with Gasteiger partial charge in [-0.25, -0.2) is 18.7 Å². The molecule has 0 saturated carbocycles. The maximum absolute atomic E-state index is 13.6. The van der Waals surface area contributed by atoms with Gasteiger partial charge in [0, 0.05) is 23.9 Å². The normalized spacial score (nSPS) is 13.4. The maximum atomic E-state index is 13.6. The van der Waals surface area contributed by atoms with Crippen LogP contribution in [0.3, 0.4) is 0 Å². The Hall–Kier alpha value is -1.56. The zero-order valence-corrected chi connectivity index (χ0v) is 12.4. The SMILES string of the molecule is CNc1nc(-c2ccc(F)c(F)c2Br)nc2c1CCC2. The number of fused-ring (bicyclic) bond motifs is 1. The van der Waals surface area contributed by atoms with Crippen LogP contribution in [0.2, 0.25) is 0 Å². The molecule has 1 aromatic carbocycles. The van der Waals surface area contributed by atoms with E-state index in [4.69, 9.17) is 0 Å². The minimum Gasteiger partial charge on any atom is -0.373 e. The molecule has 0 radical (unpaired) electrons. The lowest BCUT2D eigenvalue weighted by Crippen LogP contribution is -2.04. The van der Waals surface area contributed by atoms with Crippen molar-refractivity contribution >= 4 is 21.7 Å². The molecule has 3 rings (SSSR count). The molecule has 1 aliphatic carbocycles. The summed E-state index contributed by atoms with van der Waals surface area (Å²) in [5.74, 6) is -0.645. The summed E-state index contributed by atoms with van der Waals surface area (Å²) in [5.41, 5.74) is 2.56. The lowest BCUT2D eigenvalue weighted by atomic mass is 10.1. The van der Waals surface area contributed by atoms with Crippen LogP contribution in [0, 0.1) is 11.6 Å². The topological polar surface area (TPSA) is 37.8 Å². The Labute approximate surface area is 123 Å². The van der Waals surface area contributed by atoms with Gasteiger partial charge in [-0.1, -0.05) is 0 Å². The number of nitrogens with zero attached hydrogens (tertiary/aromatic N) is 2. The number of nitrogens with one attached hydrogen (secondary N) is 1. The molecule has 0 amide bonds. The highest BCUT2D eigenvalue weighted by Gasteiger charge is 2.21. The first-order valence-electron chi connectivity index (χ1n) is 6.33. The third-order valence-electron chi connectivity index (χ3n) is 3.45. The van der Waals surface area contributed by atoms with Crippen molar-refractivity contribution in [2.75, 3.05) is 12.4 Å². The van der Waals surface area contributed by atoms with Crippen molar-refractivity contribution in [3.63, 3.8) is 0 Å². The van der Waals surface area contributed by atoms with Crippen LogP contribution in [0.5, 0.6) is 0 Å². The van der Waals surface area contributed by atoms with E-state index in [0.29, 0.717) is 11.4 Å². The van der Waals surface area contributed by atoms with Gasteiger partial charge in [0.25, 0.3) is 0 Å². The van der Waals surface area contributed by atoms with E-state index in [1.165, 1.54) is 6.07 Å². The van der Waals surface area contributed by atoms with Crippen molar-refractivity contribution < 1.29 is 8.78 Å². The third-order valence-corrected chi connectivity index (χ3v) is 4.22. The van der Waals surface area contributed by atoms with Gasteiger partial charge in [-0.2, -0.15) is 0 Å². The highest BCUT2D eigenvalue weighted by molar-refractivity contribution is 9.10. The number of anilines is 1. The van der Waals surface area contributed by atoms with Crippen molar-refractivity contribution in [2.45, 2.75) is 19.3 Å². The summed E-state index contributed by atoms with van der Waals surface area (Å²) in [7, 11) is 1.80. The highest BCUT2D eigenvalue weighted by atomic mass is 79.9. The van der Waals surface area contributed by atoms with Crippen molar-refractivity contribution in [1.82, 2.24) is 9.97 Å². The van der Waals surface area contributed by atoms with Gasteiger partial charge in [0.1, 0.15) is 5.82 Å². The quantitative estimate of drug-likeness (QED) is 0.847. The Morgan fingerprint density at radius 2 is 2.00 bits per heavy atom. The Balaban J connectivity index is 2.18. The van der Waals surface area contributed by atoms with Crippen molar-refractivity contribution in [2.24, 2.45) is 0 Å². The lowest BCUT2D eigenvalue weighted by Gasteiger charge is -2.11. The number of benzene rings is 1. The summed E-state index contributed by atoms with van der Waals surface area (Å²) in [6, 6.07) is 2.57. The third kappa shape index (κ3) is 2.08. The minimum absolute atomic E-state index is 0.0532. The monoisotopic (exact) mass is 339 g/mol. The van der Waals surface area contributed by atoms with Gasteiger partial charge < -0.3 is 5.32 Å². The summed E-state index contributed by atoms with van der Waals surface area (Å²) < 4.78 is 26.9. The molecule has 1 aromatic heterocycles. The van der Waals surface area contributed by atoms with Gasteiger partial charge in [-0.05, 0) is 47.3 Å². The smallest absolute Gasteiger partial charge is 0.173 e. The number of aromatic nitrogens is 2. The Morgan fingerprint density at radius 1 is 1.20 bits per heavy atom. The van der Waals surface area contributed by atoms with Crippen molar-refractivity contribution in [1.29, 1.82) is 0 Å². The van der Waals surface area contributed by atoms with Crippen molar-refractivity contribution in [3.05, 3.63) is 39.5 Å². The molecule has 2 aromatic rings. The molecule has 1 heterocycles. The van der Waals surface area contributed by atoms with E-state index in [0.717, 1.165) is 42.4 Å². The minimum atomic E-state index is -0.919. The van der Waals surface area contributed by atoms with Crippen LogP contribution in [0.1, 0.15) is 17.7 Å². The highest BCUT2D eigenvalue weighted by Crippen LogP contribution is 2.33. The van der Waals surface area contributed by atoms with Gasteiger partial charge in [0.2, 0.25) is 0 Å². The van der Waals surface area contributed by atoms with Crippen LogP contribution in [0.4, 0.5) is 14.6 Å².